The van der Waals surface area contributed by atoms with Crippen LogP contribution in [-0.4, -0.2) is 24.7 Å². The third-order valence-corrected chi connectivity index (χ3v) is 2.90. The Balaban J connectivity index is 1.88. The molecule has 1 unspecified atom stereocenters. The molecule has 2 heterocycles. The molecule has 0 amide bonds. The van der Waals surface area contributed by atoms with E-state index < -0.39 is 0 Å². The summed E-state index contributed by atoms with van der Waals surface area (Å²) in [7, 11) is 1.99. The number of nitrogens with zero attached hydrogens (tertiary/aromatic N) is 1. The van der Waals surface area contributed by atoms with Gasteiger partial charge in [-0.05, 0) is 43.7 Å². The van der Waals surface area contributed by atoms with Gasteiger partial charge in [0.15, 0.2) is 0 Å². The van der Waals surface area contributed by atoms with Gasteiger partial charge in [0.2, 0.25) is 0 Å². The Hall–Kier alpha value is -1.35. The summed E-state index contributed by atoms with van der Waals surface area (Å²) in [6.07, 6.45) is 9.03. The lowest BCUT2D eigenvalue weighted by molar-refractivity contribution is 0.214. The third kappa shape index (κ3) is 2.83. The highest BCUT2D eigenvalue weighted by atomic mass is 16.5. The van der Waals surface area contributed by atoms with Gasteiger partial charge in [-0.3, -0.25) is 4.98 Å². The Morgan fingerprint density at radius 3 is 2.88 bits per heavy atom. The minimum atomic E-state index is 0.343. The molecule has 1 aromatic heterocycles. The van der Waals surface area contributed by atoms with Crippen molar-refractivity contribution in [1.82, 2.24) is 10.3 Å². The minimum absolute atomic E-state index is 0.343. The van der Waals surface area contributed by atoms with Crippen LogP contribution in [0.25, 0.3) is 0 Å². The van der Waals surface area contributed by atoms with Crippen LogP contribution in [0.4, 0.5) is 0 Å². The molecule has 1 aliphatic heterocycles. The molecule has 0 bridgehead atoms. The number of likely N-dealkylation sites (N-methyl/N-ethyl adjacent to an activating group) is 1. The molecule has 0 fully saturated rings. The first-order valence-corrected chi connectivity index (χ1v) is 5.79. The molecule has 1 N–H and O–H groups in total. The zero-order chi connectivity index (χ0) is 11.2. The fourth-order valence-corrected chi connectivity index (χ4v) is 1.97. The van der Waals surface area contributed by atoms with E-state index in [-0.39, 0.29) is 0 Å². The van der Waals surface area contributed by atoms with E-state index in [1.165, 1.54) is 5.56 Å². The molecule has 0 aliphatic carbocycles. The van der Waals surface area contributed by atoms with E-state index >= 15 is 0 Å². The third-order valence-electron chi connectivity index (χ3n) is 2.90. The van der Waals surface area contributed by atoms with Crippen LogP contribution in [0.3, 0.4) is 0 Å². The van der Waals surface area contributed by atoms with Crippen LogP contribution in [0.15, 0.2) is 36.4 Å². The van der Waals surface area contributed by atoms with Gasteiger partial charge in [0, 0.05) is 18.8 Å². The SMILES string of the molecule is CNC(CCc1ccncc1)C1=CCCO1. The maximum absolute atomic E-state index is 5.58. The first-order chi connectivity index (χ1) is 7.90. The van der Waals surface area contributed by atoms with Gasteiger partial charge in [-0.25, -0.2) is 0 Å². The Labute approximate surface area is 96.5 Å². The quantitative estimate of drug-likeness (QED) is 0.819. The van der Waals surface area contributed by atoms with Gasteiger partial charge in [-0.15, -0.1) is 0 Å². The van der Waals surface area contributed by atoms with Gasteiger partial charge in [-0.1, -0.05) is 0 Å². The molecule has 16 heavy (non-hydrogen) atoms. The lowest BCUT2D eigenvalue weighted by Gasteiger charge is -2.17. The molecule has 1 atom stereocenters. The van der Waals surface area contributed by atoms with E-state index in [0.29, 0.717) is 6.04 Å². The van der Waals surface area contributed by atoms with Gasteiger partial charge >= 0.3 is 0 Å². The number of nitrogens with one attached hydrogen (secondary N) is 1. The average Bonchev–Trinajstić information content (AvgIpc) is 2.85. The summed E-state index contributed by atoms with van der Waals surface area (Å²) in [5.41, 5.74) is 1.33. The summed E-state index contributed by atoms with van der Waals surface area (Å²) in [5.74, 6) is 1.11. The Morgan fingerprint density at radius 2 is 2.25 bits per heavy atom. The van der Waals surface area contributed by atoms with Crippen LogP contribution in [0.5, 0.6) is 0 Å². The number of hydrogen-bond acceptors (Lipinski definition) is 3. The van der Waals surface area contributed by atoms with E-state index in [1.54, 1.807) is 0 Å². The number of hydrogen-bond donors (Lipinski definition) is 1. The zero-order valence-corrected chi connectivity index (χ0v) is 9.65. The Morgan fingerprint density at radius 1 is 1.44 bits per heavy atom. The summed E-state index contributed by atoms with van der Waals surface area (Å²) >= 11 is 0. The van der Waals surface area contributed by atoms with Crippen molar-refractivity contribution < 1.29 is 4.74 Å². The largest absolute Gasteiger partial charge is 0.496 e. The smallest absolute Gasteiger partial charge is 0.109 e. The van der Waals surface area contributed by atoms with Gasteiger partial charge in [0.25, 0.3) is 0 Å². The predicted octanol–water partition coefficient (Wildman–Crippen LogP) is 1.91. The molecule has 3 nitrogen and oxygen atoms in total. The first kappa shape index (κ1) is 11.1. The highest BCUT2D eigenvalue weighted by Crippen LogP contribution is 2.17. The van der Waals surface area contributed by atoms with E-state index in [1.807, 2.05) is 19.4 Å². The van der Waals surface area contributed by atoms with Crippen LogP contribution in [0.1, 0.15) is 18.4 Å². The van der Waals surface area contributed by atoms with E-state index in [9.17, 15) is 0 Å². The van der Waals surface area contributed by atoms with Crippen molar-refractivity contribution in [2.75, 3.05) is 13.7 Å². The maximum Gasteiger partial charge on any atom is 0.109 e. The van der Waals surface area contributed by atoms with Crippen LogP contribution in [0.2, 0.25) is 0 Å². The molecule has 0 spiro atoms. The van der Waals surface area contributed by atoms with Crippen LogP contribution in [0, 0.1) is 0 Å². The van der Waals surface area contributed by atoms with Crippen molar-refractivity contribution in [2.24, 2.45) is 0 Å². The minimum Gasteiger partial charge on any atom is -0.496 e. The molecular weight excluding hydrogens is 200 g/mol. The number of pyridine rings is 1. The van der Waals surface area contributed by atoms with Gasteiger partial charge in [-0.2, -0.15) is 0 Å². The van der Waals surface area contributed by atoms with Crippen LogP contribution < -0.4 is 5.32 Å². The molecule has 0 aromatic carbocycles. The van der Waals surface area contributed by atoms with Crippen molar-refractivity contribution in [3.8, 4) is 0 Å². The summed E-state index contributed by atoms with van der Waals surface area (Å²) in [6, 6.07) is 4.48. The molecule has 86 valence electrons. The topological polar surface area (TPSA) is 34.2 Å². The van der Waals surface area contributed by atoms with E-state index in [2.05, 4.69) is 28.5 Å². The van der Waals surface area contributed by atoms with Gasteiger partial charge < -0.3 is 10.1 Å². The predicted molar refractivity (Wildman–Crippen MR) is 64.1 cm³/mol. The first-order valence-electron chi connectivity index (χ1n) is 5.79. The van der Waals surface area contributed by atoms with Crippen LogP contribution in [-0.2, 0) is 11.2 Å². The monoisotopic (exact) mass is 218 g/mol. The van der Waals surface area contributed by atoms with Crippen molar-refractivity contribution in [1.29, 1.82) is 0 Å². The Bertz CT molecular complexity index is 348. The number of rotatable bonds is 5. The highest BCUT2D eigenvalue weighted by molar-refractivity contribution is 5.12. The molecular formula is C13H18N2O. The molecule has 1 aliphatic rings. The number of ether oxygens (including phenoxy) is 1. The second kappa shape index (κ2) is 5.66. The fraction of sp³-hybridized carbons (Fsp3) is 0.462. The van der Waals surface area contributed by atoms with Crippen LogP contribution >= 0.6 is 0 Å². The Kier molecular flexibility index (Phi) is 3.94. The molecule has 1 aromatic rings. The second-order valence-electron chi connectivity index (χ2n) is 3.98. The second-order valence-corrected chi connectivity index (χ2v) is 3.98. The lowest BCUT2D eigenvalue weighted by Crippen LogP contribution is -2.28. The normalized spacial score (nSPS) is 16.7. The summed E-state index contributed by atoms with van der Waals surface area (Å²) in [5, 5.41) is 3.31. The summed E-state index contributed by atoms with van der Waals surface area (Å²) in [4.78, 5) is 4.02. The van der Waals surface area contributed by atoms with Crippen molar-refractivity contribution in [3.63, 3.8) is 0 Å². The standard InChI is InChI=1S/C13H18N2O/c1-14-12(13-3-2-10-16-13)5-4-11-6-8-15-9-7-11/h3,6-9,12,14H,2,4-5,10H2,1H3. The van der Waals surface area contributed by atoms with Crippen molar-refractivity contribution in [3.05, 3.63) is 41.9 Å². The zero-order valence-electron chi connectivity index (χ0n) is 9.65. The summed E-state index contributed by atoms with van der Waals surface area (Å²) < 4.78 is 5.58. The maximum atomic E-state index is 5.58. The number of aryl methyl sites for hydroxylation is 1. The van der Waals surface area contributed by atoms with Crippen molar-refractivity contribution in [2.45, 2.75) is 25.3 Å². The van der Waals surface area contributed by atoms with Gasteiger partial charge in [0.1, 0.15) is 5.76 Å². The number of aromatic nitrogens is 1. The summed E-state index contributed by atoms with van der Waals surface area (Å²) in [6.45, 7) is 0.836. The van der Waals surface area contributed by atoms with E-state index in [0.717, 1.165) is 31.6 Å². The van der Waals surface area contributed by atoms with E-state index in [4.69, 9.17) is 4.74 Å². The molecule has 3 heteroatoms. The fourth-order valence-electron chi connectivity index (χ4n) is 1.97. The molecule has 0 saturated heterocycles. The van der Waals surface area contributed by atoms with Gasteiger partial charge in [0.05, 0.1) is 12.6 Å². The molecule has 0 radical (unpaired) electrons. The lowest BCUT2D eigenvalue weighted by atomic mass is 10.0. The molecule has 0 saturated carbocycles. The van der Waals surface area contributed by atoms with Crippen molar-refractivity contribution >= 4 is 0 Å². The molecule has 2 rings (SSSR count). The average molecular weight is 218 g/mol. The highest BCUT2D eigenvalue weighted by Gasteiger charge is 2.16.